The molecule has 1 spiro atoms. The van der Waals surface area contributed by atoms with Crippen LogP contribution in [0.4, 0.5) is 0 Å². The number of amides is 1. The topological polar surface area (TPSA) is 64.3 Å². The zero-order chi connectivity index (χ0) is 16.0. The van der Waals surface area contributed by atoms with Gasteiger partial charge in [-0.2, -0.15) is 0 Å². The molecule has 0 saturated heterocycles. The van der Waals surface area contributed by atoms with Crippen molar-refractivity contribution in [2.75, 3.05) is 6.61 Å². The molecular formula is C19H33ClN2O2. The van der Waals surface area contributed by atoms with E-state index >= 15 is 0 Å². The average molecular weight is 357 g/mol. The number of nitrogens with two attached hydrogens (primary N) is 1. The Bertz CT molecular complexity index is 454. The molecule has 2 bridgehead atoms. The lowest BCUT2D eigenvalue weighted by atomic mass is 9.51. The van der Waals surface area contributed by atoms with Gasteiger partial charge in [0.25, 0.3) is 0 Å². The highest BCUT2D eigenvalue weighted by Crippen LogP contribution is 2.57. The van der Waals surface area contributed by atoms with Crippen molar-refractivity contribution in [3.05, 3.63) is 0 Å². The first kappa shape index (κ1) is 18.5. The largest absolute Gasteiger partial charge is 0.378 e. The van der Waals surface area contributed by atoms with E-state index in [9.17, 15) is 4.79 Å². The maximum absolute atomic E-state index is 12.8. The van der Waals surface area contributed by atoms with Gasteiger partial charge < -0.3 is 15.8 Å². The Morgan fingerprint density at radius 3 is 2.38 bits per heavy atom. The number of rotatable bonds is 4. The van der Waals surface area contributed by atoms with Crippen LogP contribution in [-0.2, 0) is 9.53 Å². The second-order valence-corrected chi connectivity index (χ2v) is 8.52. The van der Waals surface area contributed by atoms with Crippen LogP contribution in [0.5, 0.6) is 0 Å². The molecule has 0 aromatic rings. The summed E-state index contributed by atoms with van der Waals surface area (Å²) >= 11 is 0. The molecule has 4 unspecified atom stereocenters. The van der Waals surface area contributed by atoms with Crippen molar-refractivity contribution in [3.63, 3.8) is 0 Å². The summed E-state index contributed by atoms with van der Waals surface area (Å²) in [4.78, 5) is 12.8. The van der Waals surface area contributed by atoms with Gasteiger partial charge in [0.2, 0.25) is 5.91 Å². The van der Waals surface area contributed by atoms with E-state index < -0.39 is 0 Å². The van der Waals surface area contributed by atoms with Gasteiger partial charge in [0.15, 0.2) is 0 Å². The van der Waals surface area contributed by atoms with E-state index in [-0.39, 0.29) is 23.7 Å². The molecule has 4 fully saturated rings. The van der Waals surface area contributed by atoms with E-state index in [1.165, 1.54) is 38.5 Å². The van der Waals surface area contributed by atoms with E-state index in [1.54, 1.807) is 0 Å². The Labute approximate surface area is 152 Å². The Balaban J connectivity index is 0.00000169. The maximum Gasteiger partial charge on any atom is 0.223 e. The first-order valence-corrected chi connectivity index (χ1v) is 9.81. The predicted octanol–water partition coefficient (Wildman–Crippen LogP) is 3.03. The van der Waals surface area contributed by atoms with Crippen molar-refractivity contribution in [1.82, 2.24) is 5.32 Å². The summed E-state index contributed by atoms with van der Waals surface area (Å²) in [5, 5.41) is 3.41. The summed E-state index contributed by atoms with van der Waals surface area (Å²) in [6.07, 6.45) is 10.9. The molecule has 24 heavy (non-hydrogen) atoms. The lowest BCUT2D eigenvalue weighted by Crippen LogP contribution is -2.68. The molecule has 138 valence electrons. The molecule has 4 rings (SSSR count). The van der Waals surface area contributed by atoms with Crippen molar-refractivity contribution in [1.29, 1.82) is 0 Å². The van der Waals surface area contributed by atoms with Crippen molar-refractivity contribution < 1.29 is 9.53 Å². The van der Waals surface area contributed by atoms with Crippen molar-refractivity contribution in [2.24, 2.45) is 28.9 Å². The lowest BCUT2D eigenvalue weighted by molar-refractivity contribution is -0.177. The molecule has 3 N–H and O–H groups in total. The van der Waals surface area contributed by atoms with Gasteiger partial charge in [-0.3, -0.25) is 4.79 Å². The SMILES string of the molecule is CCOC1CC(NC(=O)C2CC3CCCC(C2)C3N)C12CCC2.Cl. The summed E-state index contributed by atoms with van der Waals surface area (Å²) in [7, 11) is 0. The van der Waals surface area contributed by atoms with Gasteiger partial charge in [0, 0.05) is 30.0 Å². The number of halogens is 1. The average Bonchev–Trinajstić information content (AvgIpc) is 2.43. The molecule has 4 atom stereocenters. The fraction of sp³-hybridized carbons (Fsp3) is 0.947. The third-order valence-electron chi connectivity index (χ3n) is 7.54. The monoisotopic (exact) mass is 356 g/mol. The fourth-order valence-corrected chi connectivity index (χ4v) is 5.93. The van der Waals surface area contributed by atoms with Crippen LogP contribution in [0, 0.1) is 23.2 Å². The van der Waals surface area contributed by atoms with Crippen molar-refractivity contribution in [3.8, 4) is 0 Å². The summed E-state index contributed by atoms with van der Waals surface area (Å²) in [6.45, 7) is 2.86. The molecule has 1 amide bonds. The van der Waals surface area contributed by atoms with Gasteiger partial charge in [-0.05, 0) is 63.7 Å². The smallest absolute Gasteiger partial charge is 0.223 e. The second-order valence-electron chi connectivity index (χ2n) is 8.52. The van der Waals surface area contributed by atoms with E-state index in [2.05, 4.69) is 12.2 Å². The quantitative estimate of drug-likeness (QED) is 0.813. The highest BCUT2D eigenvalue weighted by Gasteiger charge is 2.59. The zero-order valence-electron chi connectivity index (χ0n) is 14.8. The zero-order valence-corrected chi connectivity index (χ0v) is 15.7. The molecule has 0 aromatic carbocycles. The number of fused-ring (bicyclic) bond motifs is 2. The van der Waals surface area contributed by atoms with Crippen LogP contribution in [0.25, 0.3) is 0 Å². The van der Waals surface area contributed by atoms with Gasteiger partial charge in [-0.1, -0.05) is 12.8 Å². The van der Waals surface area contributed by atoms with Gasteiger partial charge >= 0.3 is 0 Å². The summed E-state index contributed by atoms with van der Waals surface area (Å²) in [5.74, 6) is 1.66. The molecular weight excluding hydrogens is 324 g/mol. The number of carbonyl (C=O) groups is 1. The van der Waals surface area contributed by atoms with E-state index in [4.69, 9.17) is 10.5 Å². The molecule has 0 radical (unpaired) electrons. The number of hydrogen-bond donors (Lipinski definition) is 2. The van der Waals surface area contributed by atoms with Gasteiger partial charge in [0.05, 0.1) is 6.10 Å². The van der Waals surface area contributed by atoms with Crippen molar-refractivity contribution in [2.45, 2.75) is 82.9 Å². The highest BCUT2D eigenvalue weighted by molar-refractivity contribution is 5.85. The minimum absolute atomic E-state index is 0. The second kappa shape index (κ2) is 7.13. The Kier molecular flexibility index (Phi) is 5.48. The van der Waals surface area contributed by atoms with E-state index in [0.29, 0.717) is 35.9 Å². The van der Waals surface area contributed by atoms with Crippen LogP contribution in [0.15, 0.2) is 0 Å². The molecule has 0 aromatic heterocycles. The Morgan fingerprint density at radius 1 is 1.17 bits per heavy atom. The van der Waals surface area contributed by atoms with Crippen LogP contribution in [0.1, 0.15) is 64.7 Å². The minimum atomic E-state index is 0. The summed E-state index contributed by atoms with van der Waals surface area (Å²) in [6, 6.07) is 0.701. The third kappa shape index (κ3) is 2.89. The van der Waals surface area contributed by atoms with Crippen molar-refractivity contribution >= 4 is 18.3 Å². The highest BCUT2D eigenvalue weighted by atomic mass is 35.5. The molecule has 4 saturated carbocycles. The standard InChI is InChI=1S/C19H32N2O2.ClH/c1-2-23-16-11-15(19(16)7-4-8-19)21-18(22)14-9-12-5-3-6-13(10-14)17(12)20;/h12-17H,2-11,20H2,1H3,(H,21,22);1H. The number of nitrogens with one attached hydrogen (secondary N) is 1. The fourth-order valence-electron chi connectivity index (χ4n) is 5.93. The molecule has 4 aliphatic rings. The lowest BCUT2D eigenvalue weighted by Gasteiger charge is -2.61. The Hall–Kier alpha value is -0.320. The first-order valence-electron chi connectivity index (χ1n) is 9.81. The number of hydrogen-bond acceptors (Lipinski definition) is 3. The van der Waals surface area contributed by atoms with E-state index in [0.717, 1.165) is 25.9 Å². The Morgan fingerprint density at radius 2 is 1.83 bits per heavy atom. The van der Waals surface area contributed by atoms with Crippen LogP contribution in [-0.4, -0.2) is 30.7 Å². The minimum Gasteiger partial charge on any atom is -0.378 e. The van der Waals surface area contributed by atoms with Crippen LogP contribution >= 0.6 is 12.4 Å². The van der Waals surface area contributed by atoms with Gasteiger partial charge in [-0.25, -0.2) is 0 Å². The molecule has 0 heterocycles. The predicted molar refractivity (Wildman–Crippen MR) is 97.0 cm³/mol. The maximum atomic E-state index is 12.8. The summed E-state index contributed by atoms with van der Waals surface area (Å²) < 4.78 is 5.90. The first-order chi connectivity index (χ1) is 11.1. The number of ether oxygens (including phenoxy) is 1. The normalized spacial score (nSPS) is 42.4. The van der Waals surface area contributed by atoms with Gasteiger partial charge in [-0.15, -0.1) is 12.4 Å². The number of carbonyl (C=O) groups excluding carboxylic acids is 1. The van der Waals surface area contributed by atoms with E-state index in [1.807, 2.05) is 0 Å². The summed E-state index contributed by atoms with van der Waals surface area (Å²) in [5.41, 5.74) is 6.63. The van der Waals surface area contributed by atoms with Crippen LogP contribution in [0.2, 0.25) is 0 Å². The molecule has 4 nitrogen and oxygen atoms in total. The van der Waals surface area contributed by atoms with Crippen LogP contribution in [0.3, 0.4) is 0 Å². The molecule has 4 aliphatic carbocycles. The molecule has 0 aliphatic heterocycles. The van der Waals surface area contributed by atoms with Gasteiger partial charge in [0.1, 0.15) is 0 Å². The third-order valence-corrected chi connectivity index (χ3v) is 7.54. The molecule has 5 heteroatoms. The van der Waals surface area contributed by atoms with Crippen LogP contribution < -0.4 is 11.1 Å².